The van der Waals surface area contributed by atoms with E-state index in [1.807, 2.05) is 60.4 Å². The second-order valence-electron chi connectivity index (χ2n) is 8.91. The van der Waals surface area contributed by atoms with E-state index in [-0.39, 0.29) is 17.6 Å². The maximum atomic E-state index is 12.8. The Kier molecular flexibility index (Phi) is 7.22. The number of benzene rings is 3. The van der Waals surface area contributed by atoms with E-state index in [1.54, 1.807) is 30.3 Å². The number of piperazine rings is 1. The Balaban J connectivity index is 1.17. The summed E-state index contributed by atoms with van der Waals surface area (Å²) < 4.78 is 5.73. The van der Waals surface area contributed by atoms with Gasteiger partial charge >= 0.3 is 0 Å². The Bertz CT molecular complexity index is 1420. The van der Waals surface area contributed by atoms with Crippen LogP contribution in [0.1, 0.15) is 26.5 Å². The van der Waals surface area contributed by atoms with Crippen LogP contribution in [-0.4, -0.2) is 42.9 Å². The Morgan fingerprint density at radius 2 is 1.54 bits per heavy atom. The van der Waals surface area contributed by atoms with Crippen molar-refractivity contribution < 1.29 is 14.0 Å². The number of carbonyl (C=O) groups is 2. The minimum Gasteiger partial charge on any atom is -0.451 e. The molecular formula is C29H25Cl2N3O3. The molecule has 1 N–H and O–H groups in total. The van der Waals surface area contributed by atoms with Crippen LogP contribution < -0.4 is 10.2 Å². The number of rotatable bonds is 5. The fourth-order valence-corrected chi connectivity index (χ4v) is 4.69. The first kappa shape index (κ1) is 24.9. The third-order valence-electron chi connectivity index (χ3n) is 6.40. The molecule has 4 aromatic rings. The first-order valence-corrected chi connectivity index (χ1v) is 12.7. The summed E-state index contributed by atoms with van der Waals surface area (Å²) in [5.74, 6) is 0.342. The van der Waals surface area contributed by atoms with E-state index in [9.17, 15) is 9.59 Å². The molecule has 1 saturated heterocycles. The number of furan rings is 1. The van der Waals surface area contributed by atoms with Crippen LogP contribution in [0.15, 0.2) is 83.3 Å². The van der Waals surface area contributed by atoms with Gasteiger partial charge in [-0.2, -0.15) is 0 Å². The third-order valence-corrected chi connectivity index (χ3v) is 7.22. The van der Waals surface area contributed by atoms with Gasteiger partial charge in [-0.3, -0.25) is 9.59 Å². The van der Waals surface area contributed by atoms with Crippen LogP contribution in [0.25, 0.3) is 11.3 Å². The molecule has 2 amide bonds. The number of aryl methyl sites for hydroxylation is 1. The van der Waals surface area contributed by atoms with Crippen LogP contribution in [0.5, 0.6) is 0 Å². The highest BCUT2D eigenvalue weighted by atomic mass is 35.5. The number of carbonyl (C=O) groups excluding carboxylic acids is 2. The fourth-order valence-electron chi connectivity index (χ4n) is 4.29. The van der Waals surface area contributed by atoms with Gasteiger partial charge in [0.05, 0.1) is 10.0 Å². The molecule has 1 aromatic heterocycles. The van der Waals surface area contributed by atoms with Crippen LogP contribution in [0, 0.1) is 6.92 Å². The minimum atomic E-state index is -0.361. The van der Waals surface area contributed by atoms with Crippen molar-refractivity contribution in [3.8, 4) is 11.3 Å². The molecule has 0 bridgehead atoms. The summed E-state index contributed by atoms with van der Waals surface area (Å²) in [6.07, 6.45) is 0. The van der Waals surface area contributed by atoms with Gasteiger partial charge in [-0.1, -0.05) is 47.0 Å². The highest BCUT2D eigenvalue weighted by molar-refractivity contribution is 6.43. The number of hydrogen-bond acceptors (Lipinski definition) is 4. The van der Waals surface area contributed by atoms with Gasteiger partial charge in [-0.05, 0) is 67.6 Å². The minimum absolute atomic E-state index is 0.0661. The van der Waals surface area contributed by atoms with Crippen molar-refractivity contribution in [1.82, 2.24) is 4.90 Å². The maximum Gasteiger partial charge on any atom is 0.291 e. The lowest BCUT2D eigenvalue weighted by Crippen LogP contribution is -2.48. The average molecular weight is 534 g/mol. The van der Waals surface area contributed by atoms with E-state index in [2.05, 4.69) is 10.2 Å². The van der Waals surface area contributed by atoms with E-state index in [4.69, 9.17) is 27.6 Å². The molecular weight excluding hydrogens is 509 g/mol. The molecule has 1 aliphatic heterocycles. The summed E-state index contributed by atoms with van der Waals surface area (Å²) in [6.45, 7) is 4.80. The molecule has 3 aromatic carbocycles. The predicted molar refractivity (Wildman–Crippen MR) is 148 cm³/mol. The molecule has 188 valence electrons. The molecule has 37 heavy (non-hydrogen) atoms. The van der Waals surface area contributed by atoms with Crippen LogP contribution in [-0.2, 0) is 0 Å². The van der Waals surface area contributed by atoms with Gasteiger partial charge in [0, 0.05) is 48.7 Å². The van der Waals surface area contributed by atoms with Crippen LogP contribution >= 0.6 is 23.2 Å². The molecule has 0 atom stereocenters. The molecule has 0 radical (unpaired) electrons. The SMILES string of the molecule is Cc1ccc(C(=O)N2CCN(c3ccc(NC(=O)c4ccc(-c5cccc(Cl)c5Cl)o4)cc3)CC2)cc1. The lowest BCUT2D eigenvalue weighted by Gasteiger charge is -2.36. The molecule has 1 fully saturated rings. The van der Waals surface area contributed by atoms with Crippen LogP contribution in [0.4, 0.5) is 11.4 Å². The van der Waals surface area contributed by atoms with Crippen molar-refractivity contribution in [2.24, 2.45) is 0 Å². The summed E-state index contributed by atoms with van der Waals surface area (Å²) in [6, 6.07) is 23.9. The van der Waals surface area contributed by atoms with Crippen molar-refractivity contribution >= 4 is 46.4 Å². The number of halogens is 2. The summed E-state index contributed by atoms with van der Waals surface area (Å²) in [4.78, 5) is 29.6. The van der Waals surface area contributed by atoms with Gasteiger partial charge in [-0.15, -0.1) is 0 Å². The van der Waals surface area contributed by atoms with Crippen molar-refractivity contribution in [3.05, 3.63) is 106 Å². The molecule has 8 heteroatoms. The molecule has 5 rings (SSSR count). The predicted octanol–water partition coefficient (Wildman–Crippen LogP) is 6.78. The number of nitrogens with zero attached hydrogens (tertiary/aromatic N) is 2. The molecule has 0 saturated carbocycles. The molecule has 0 unspecified atom stereocenters. The smallest absolute Gasteiger partial charge is 0.291 e. The van der Waals surface area contributed by atoms with Crippen molar-refractivity contribution in [2.75, 3.05) is 36.4 Å². The normalized spacial score (nSPS) is 13.5. The Morgan fingerprint density at radius 1 is 0.838 bits per heavy atom. The lowest BCUT2D eigenvalue weighted by molar-refractivity contribution is 0.0746. The van der Waals surface area contributed by atoms with E-state index in [0.29, 0.717) is 40.1 Å². The van der Waals surface area contributed by atoms with Gasteiger partial charge in [0.15, 0.2) is 5.76 Å². The standard InChI is InChI=1S/C29H25Cl2N3O3/c1-19-5-7-20(8-6-19)29(36)34-17-15-33(16-18-34)22-11-9-21(10-12-22)32-28(35)26-14-13-25(37-26)23-3-2-4-24(30)27(23)31/h2-14H,15-18H2,1H3,(H,32,35). The molecule has 1 aliphatic rings. The number of hydrogen-bond donors (Lipinski definition) is 1. The van der Waals surface area contributed by atoms with Gasteiger partial charge in [0.1, 0.15) is 5.76 Å². The van der Waals surface area contributed by atoms with E-state index in [0.717, 1.165) is 29.9 Å². The topological polar surface area (TPSA) is 65.8 Å². The summed E-state index contributed by atoms with van der Waals surface area (Å²) in [5.41, 5.74) is 4.17. The zero-order valence-electron chi connectivity index (χ0n) is 20.2. The monoisotopic (exact) mass is 533 g/mol. The molecule has 0 aliphatic carbocycles. The average Bonchev–Trinajstić information content (AvgIpc) is 3.41. The first-order valence-electron chi connectivity index (χ1n) is 12.0. The van der Waals surface area contributed by atoms with Gasteiger partial charge in [0.25, 0.3) is 11.8 Å². The number of nitrogens with one attached hydrogen (secondary N) is 1. The zero-order valence-corrected chi connectivity index (χ0v) is 21.7. The van der Waals surface area contributed by atoms with Crippen molar-refractivity contribution in [2.45, 2.75) is 6.92 Å². The van der Waals surface area contributed by atoms with Crippen LogP contribution in [0.3, 0.4) is 0 Å². The summed E-state index contributed by atoms with van der Waals surface area (Å²) in [5, 5.41) is 3.65. The highest BCUT2D eigenvalue weighted by Gasteiger charge is 2.22. The van der Waals surface area contributed by atoms with E-state index >= 15 is 0 Å². The van der Waals surface area contributed by atoms with Gasteiger partial charge in [-0.25, -0.2) is 0 Å². The zero-order chi connectivity index (χ0) is 25.9. The Hall–Kier alpha value is -3.74. The quantitative estimate of drug-likeness (QED) is 0.307. The highest BCUT2D eigenvalue weighted by Crippen LogP contribution is 2.34. The number of anilines is 2. The summed E-state index contributed by atoms with van der Waals surface area (Å²) in [7, 11) is 0. The Morgan fingerprint density at radius 3 is 2.24 bits per heavy atom. The molecule has 0 spiro atoms. The second-order valence-corrected chi connectivity index (χ2v) is 9.70. The maximum absolute atomic E-state index is 12.8. The van der Waals surface area contributed by atoms with Crippen LogP contribution in [0.2, 0.25) is 10.0 Å². The largest absolute Gasteiger partial charge is 0.451 e. The van der Waals surface area contributed by atoms with E-state index in [1.165, 1.54) is 0 Å². The number of amides is 2. The van der Waals surface area contributed by atoms with Gasteiger partial charge < -0.3 is 19.5 Å². The second kappa shape index (κ2) is 10.7. The summed E-state index contributed by atoms with van der Waals surface area (Å²) >= 11 is 12.4. The fraction of sp³-hybridized carbons (Fsp3) is 0.172. The van der Waals surface area contributed by atoms with Crippen molar-refractivity contribution in [3.63, 3.8) is 0 Å². The third kappa shape index (κ3) is 5.50. The Labute approximate surface area is 225 Å². The van der Waals surface area contributed by atoms with Gasteiger partial charge in [0.2, 0.25) is 0 Å². The first-order chi connectivity index (χ1) is 17.9. The van der Waals surface area contributed by atoms with Crippen molar-refractivity contribution in [1.29, 1.82) is 0 Å². The lowest BCUT2D eigenvalue weighted by atomic mass is 10.1. The molecule has 2 heterocycles. The molecule has 6 nitrogen and oxygen atoms in total. The van der Waals surface area contributed by atoms with E-state index < -0.39 is 0 Å².